The Kier molecular flexibility index (Phi) is 5.90. The number of hydrogen-bond donors (Lipinski definition) is 2. The van der Waals surface area contributed by atoms with Crippen molar-refractivity contribution in [1.29, 1.82) is 0 Å². The van der Waals surface area contributed by atoms with Crippen molar-refractivity contribution in [3.8, 4) is 0 Å². The van der Waals surface area contributed by atoms with Gasteiger partial charge < -0.3 is 10.1 Å². The van der Waals surface area contributed by atoms with Gasteiger partial charge in [0, 0.05) is 29.1 Å². The molecular weight excluding hydrogens is 332 g/mol. The number of likely N-dealkylation sites (tertiary alicyclic amines) is 1. The Morgan fingerprint density at radius 1 is 1.00 bits per heavy atom. The minimum Gasteiger partial charge on any atom is -0.395 e. The second-order valence-corrected chi connectivity index (χ2v) is 7.76. The van der Waals surface area contributed by atoms with Crippen LogP contribution in [-0.4, -0.2) is 40.7 Å². The highest BCUT2D eigenvalue weighted by Crippen LogP contribution is 2.32. The van der Waals surface area contributed by atoms with Gasteiger partial charge in [-0.1, -0.05) is 48.5 Å². The van der Waals surface area contributed by atoms with Crippen LogP contribution in [0, 0.1) is 0 Å². The van der Waals surface area contributed by atoms with E-state index in [2.05, 4.69) is 70.7 Å². The summed E-state index contributed by atoms with van der Waals surface area (Å²) >= 11 is 0. The lowest BCUT2D eigenvalue weighted by Crippen LogP contribution is -2.46. The highest BCUT2D eigenvalue weighted by atomic mass is 16.3. The Balaban J connectivity index is 1.33. The molecule has 2 unspecified atom stereocenters. The summed E-state index contributed by atoms with van der Waals surface area (Å²) in [5, 5.41) is 11.4. The molecule has 1 aromatic heterocycles. The number of aliphatic hydroxyl groups excluding tert-OH is 1. The predicted molar refractivity (Wildman–Crippen MR) is 112 cm³/mol. The minimum atomic E-state index is 0.252. The van der Waals surface area contributed by atoms with Crippen LogP contribution < -0.4 is 0 Å². The summed E-state index contributed by atoms with van der Waals surface area (Å²) in [5.41, 5.74) is 4.03. The fraction of sp³-hybridized carbons (Fsp3) is 0.417. The highest BCUT2D eigenvalue weighted by molar-refractivity contribution is 5.82. The Bertz CT molecular complexity index is 842. The molecule has 2 atom stereocenters. The van der Waals surface area contributed by atoms with E-state index in [0.29, 0.717) is 5.92 Å². The molecule has 3 heteroatoms. The summed E-state index contributed by atoms with van der Waals surface area (Å²) in [5.74, 6) is 0.457. The second-order valence-electron chi connectivity index (χ2n) is 7.76. The van der Waals surface area contributed by atoms with Crippen LogP contribution in [0.3, 0.4) is 0 Å². The first-order valence-corrected chi connectivity index (χ1v) is 10.3. The topological polar surface area (TPSA) is 39.3 Å². The second kappa shape index (κ2) is 8.73. The molecule has 0 aliphatic carbocycles. The number of rotatable bonds is 7. The van der Waals surface area contributed by atoms with E-state index in [4.69, 9.17) is 0 Å². The first-order chi connectivity index (χ1) is 13.4. The molecule has 1 saturated heterocycles. The van der Waals surface area contributed by atoms with Crippen molar-refractivity contribution in [3.63, 3.8) is 0 Å². The molecule has 0 saturated carbocycles. The van der Waals surface area contributed by atoms with Crippen LogP contribution in [0.2, 0.25) is 0 Å². The van der Waals surface area contributed by atoms with E-state index in [0.717, 1.165) is 19.5 Å². The van der Waals surface area contributed by atoms with Crippen molar-refractivity contribution in [1.82, 2.24) is 9.88 Å². The van der Waals surface area contributed by atoms with Gasteiger partial charge >= 0.3 is 0 Å². The van der Waals surface area contributed by atoms with Crippen molar-refractivity contribution in [2.24, 2.45) is 0 Å². The van der Waals surface area contributed by atoms with Crippen LogP contribution >= 0.6 is 0 Å². The zero-order chi connectivity index (χ0) is 18.5. The van der Waals surface area contributed by atoms with Crippen LogP contribution in [0.25, 0.3) is 10.9 Å². The average molecular weight is 363 g/mol. The third-order valence-electron chi connectivity index (χ3n) is 6.13. The number of hydrogen-bond acceptors (Lipinski definition) is 2. The molecule has 4 rings (SSSR count). The molecule has 27 heavy (non-hydrogen) atoms. The van der Waals surface area contributed by atoms with Gasteiger partial charge in [0.2, 0.25) is 0 Å². The van der Waals surface area contributed by atoms with Crippen LogP contribution in [0.4, 0.5) is 0 Å². The van der Waals surface area contributed by atoms with E-state index in [1.165, 1.54) is 47.7 Å². The van der Waals surface area contributed by atoms with Crippen LogP contribution in [-0.2, 0) is 6.42 Å². The van der Waals surface area contributed by atoms with Gasteiger partial charge in [-0.05, 0) is 62.4 Å². The summed E-state index contributed by atoms with van der Waals surface area (Å²) in [6.07, 6.45) is 8.04. The maximum atomic E-state index is 10.1. The molecule has 0 bridgehead atoms. The molecule has 2 aromatic carbocycles. The number of aromatic amines is 1. The lowest BCUT2D eigenvalue weighted by molar-refractivity contribution is 0.0717. The zero-order valence-electron chi connectivity index (χ0n) is 16.0. The van der Waals surface area contributed by atoms with Crippen LogP contribution in [0.1, 0.15) is 42.7 Å². The maximum absolute atomic E-state index is 10.1. The molecule has 3 aromatic rings. The van der Waals surface area contributed by atoms with Gasteiger partial charge in [0.1, 0.15) is 0 Å². The number of nitrogens with one attached hydrogen (secondary N) is 1. The van der Waals surface area contributed by atoms with Crippen molar-refractivity contribution >= 4 is 10.9 Å². The summed E-state index contributed by atoms with van der Waals surface area (Å²) in [6.45, 7) is 2.45. The number of aromatic nitrogens is 1. The van der Waals surface area contributed by atoms with Gasteiger partial charge in [-0.25, -0.2) is 0 Å². The molecule has 1 fully saturated rings. The molecule has 0 spiro atoms. The number of piperidine rings is 1. The standard InChI is InChI=1S/C24H30N2O/c27-18-24-22(19-9-2-1-3-10-19)13-8-16-26(24)15-7-6-11-20-17-25-23-14-5-4-12-21(20)23/h1-5,9-10,12,14,17,22,24-25,27H,6-8,11,13,15-16,18H2. The Hall–Kier alpha value is -2.10. The van der Waals surface area contributed by atoms with E-state index in [1.54, 1.807) is 0 Å². The summed E-state index contributed by atoms with van der Waals surface area (Å²) < 4.78 is 0. The Morgan fingerprint density at radius 2 is 1.81 bits per heavy atom. The number of fused-ring (bicyclic) bond motifs is 1. The number of nitrogens with zero attached hydrogens (tertiary/aromatic N) is 1. The van der Waals surface area contributed by atoms with Crippen molar-refractivity contribution in [2.45, 2.75) is 44.1 Å². The molecule has 0 radical (unpaired) electrons. The monoisotopic (exact) mass is 362 g/mol. The smallest absolute Gasteiger partial charge is 0.0592 e. The van der Waals surface area contributed by atoms with Crippen molar-refractivity contribution in [3.05, 3.63) is 71.9 Å². The fourth-order valence-corrected chi connectivity index (χ4v) is 4.71. The third kappa shape index (κ3) is 4.10. The molecule has 2 heterocycles. The highest BCUT2D eigenvalue weighted by Gasteiger charge is 2.31. The lowest BCUT2D eigenvalue weighted by Gasteiger charge is -2.41. The SMILES string of the molecule is OCC1C(c2ccccc2)CCCN1CCCCc1c[nH]c2ccccc12. The number of benzene rings is 2. The maximum Gasteiger partial charge on any atom is 0.0592 e. The first-order valence-electron chi connectivity index (χ1n) is 10.3. The number of aliphatic hydroxyl groups is 1. The average Bonchev–Trinajstić information content (AvgIpc) is 3.15. The molecule has 1 aliphatic heterocycles. The van der Waals surface area contributed by atoms with Gasteiger partial charge in [0.15, 0.2) is 0 Å². The zero-order valence-corrected chi connectivity index (χ0v) is 16.0. The first kappa shape index (κ1) is 18.3. The van der Waals surface area contributed by atoms with Crippen molar-refractivity contribution < 1.29 is 5.11 Å². The van der Waals surface area contributed by atoms with Crippen LogP contribution in [0.15, 0.2) is 60.8 Å². The molecule has 142 valence electrons. The normalized spacial score (nSPS) is 20.9. The Morgan fingerprint density at radius 3 is 2.67 bits per heavy atom. The minimum absolute atomic E-state index is 0.252. The number of para-hydroxylation sites is 1. The lowest BCUT2D eigenvalue weighted by atomic mass is 9.83. The van der Waals surface area contributed by atoms with Gasteiger partial charge in [0.25, 0.3) is 0 Å². The summed E-state index contributed by atoms with van der Waals surface area (Å²) in [4.78, 5) is 5.90. The fourth-order valence-electron chi connectivity index (χ4n) is 4.71. The molecule has 1 aliphatic rings. The number of H-pyrrole nitrogens is 1. The number of unbranched alkanes of at least 4 members (excludes halogenated alkanes) is 1. The molecule has 0 amide bonds. The largest absolute Gasteiger partial charge is 0.395 e. The van der Waals surface area contributed by atoms with E-state index in [1.807, 2.05) is 0 Å². The van der Waals surface area contributed by atoms with E-state index in [-0.39, 0.29) is 12.6 Å². The van der Waals surface area contributed by atoms with Gasteiger partial charge in [-0.2, -0.15) is 0 Å². The molecule has 2 N–H and O–H groups in total. The summed E-state index contributed by atoms with van der Waals surface area (Å²) in [6, 6.07) is 19.5. The van der Waals surface area contributed by atoms with Crippen molar-refractivity contribution in [2.75, 3.05) is 19.7 Å². The number of aryl methyl sites for hydroxylation is 1. The quantitative estimate of drug-likeness (QED) is 0.596. The van der Waals surface area contributed by atoms with Gasteiger partial charge in [0.05, 0.1) is 6.61 Å². The van der Waals surface area contributed by atoms with E-state index < -0.39 is 0 Å². The third-order valence-corrected chi connectivity index (χ3v) is 6.13. The molecule has 3 nitrogen and oxygen atoms in total. The Labute approximate surface area is 162 Å². The molecular formula is C24H30N2O. The van der Waals surface area contributed by atoms with E-state index in [9.17, 15) is 5.11 Å². The predicted octanol–water partition coefficient (Wildman–Crippen LogP) is 4.73. The van der Waals surface area contributed by atoms with Crippen LogP contribution in [0.5, 0.6) is 0 Å². The summed E-state index contributed by atoms with van der Waals surface area (Å²) in [7, 11) is 0. The van der Waals surface area contributed by atoms with Gasteiger partial charge in [-0.15, -0.1) is 0 Å². The van der Waals surface area contributed by atoms with E-state index >= 15 is 0 Å². The van der Waals surface area contributed by atoms with Gasteiger partial charge in [-0.3, -0.25) is 4.90 Å².